The monoisotopic (exact) mass is 399 g/mol. The van der Waals surface area contributed by atoms with Gasteiger partial charge in [0.2, 0.25) is 5.95 Å². The number of halogens is 1. The van der Waals surface area contributed by atoms with Crippen LogP contribution in [0.15, 0.2) is 24.7 Å². The van der Waals surface area contributed by atoms with E-state index >= 15 is 0 Å². The fraction of sp³-hybridized carbons (Fsp3) is 0.368. The summed E-state index contributed by atoms with van der Waals surface area (Å²) in [6.45, 7) is 8.84. The van der Waals surface area contributed by atoms with Gasteiger partial charge in [0.05, 0.1) is 11.1 Å². The molecule has 4 N–H and O–H groups in total. The van der Waals surface area contributed by atoms with Crippen molar-refractivity contribution in [3.05, 3.63) is 41.2 Å². The van der Waals surface area contributed by atoms with Crippen molar-refractivity contribution in [3.8, 4) is 0 Å². The summed E-state index contributed by atoms with van der Waals surface area (Å²) in [5.74, 6) is 1.09. The number of imidazole rings is 1. The third kappa shape index (κ3) is 3.35. The lowest BCUT2D eigenvalue weighted by Gasteiger charge is -2.39. The number of anilines is 2. The second kappa shape index (κ2) is 6.63. The zero-order chi connectivity index (χ0) is 20.1. The van der Waals surface area contributed by atoms with Crippen LogP contribution in [0.3, 0.4) is 0 Å². The molecule has 2 aliphatic rings. The van der Waals surface area contributed by atoms with Crippen molar-refractivity contribution in [1.29, 1.82) is 0 Å². The van der Waals surface area contributed by atoms with Crippen LogP contribution < -0.4 is 16.0 Å². The van der Waals surface area contributed by atoms with Gasteiger partial charge >= 0.3 is 0 Å². The maximum Gasteiger partial charge on any atom is 0.260 e. The molecule has 4 heterocycles. The van der Waals surface area contributed by atoms with Crippen molar-refractivity contribution in [3.63, 3.8) is 0 Å². The number of nitrogen functional groups attached to an aromatic ring is 1. The van der Waals surface area contributed by atoms with Crippen molar-refractivity contribution in [2.24, 2.45) is 5.92 Å². The minimum atomic E-state index is -0.185. The zero-order valence-corrected chi connectivity index (χ0v) is 16.5. The maximum atomic E-state index is 13.3. The van der Waals surface area contributed by atoms with Gasteiger partial charge in [-0.05, 0) is 38.7 Å². The summed E-state index contributed by atoms with van der Waals surface area (Å²) < 4.78 is 0. The summed E-state index contributed by atoms with van der Waals surface area (Å²) in [6, 6.07) is 0. The highest BCUT2D eigenvalue weighted by molar-refractivity contribution is 6.41. The van der Waals surface area contributed by atoms with Crippen LogP contribution in [0.4, 0.5) is 11.8 Å². The molecule has 1 amide bonds. The molecule has 4 rings (SSSR count). The van der Waals surface area contributed by atoms with Crippen LogP contribution in [0.5, 0.6) is 0 Å². The number of nitrogens with zero attached hydrogens (tertiary/aromatic N) is 4. The summed E-state index contributed by atoms with van der Waals surface area (Å²) in [5, 5.41) is 3.57. The third-order valence-electron chi connectivity index (χ3n) is 4.95. The van der Waals surface area contributed by atoms with Crippen LogP contribution in [-0.4, -0.2) is 37.9 Å². The molecule has 1 fully saturated rings. The predicted octanol–water partition coefficient (Wildman–Crippen LogP) is 2.61. The maximum absolute atomic E-state index is 13.3. The van der Waals surface area contributed by atoms with Crippen LogP contribution in [0.1, 0.15) is 38.1 Å². The second-order valence-corrected chi connectivity index (χ2v) is 8.26. The SMILES string of the molecule is C=C1CC(CN2C(=O)/C(=C\c3ncc[nH]3)c3c(Cl)nc(N)nc32)CC(C)(C)N1. The molecule has 1 unspecified atom stereocenters. The van der Waals surface area contributed by atoms with Gasteiger partial charge < -0.3 is 16.0 Å². The minimum absolute atomic E-state index is 0.0378. The molecule has 0 saturated carbocycles. The first-order chi connectivity index (χ1) is 13.2. The molecule has 2 aromatic heterocycles. The van der Waals surface area contributed by atoms with Gasteiger partial charge in [-0.25, -0.2) is 9.97 Å². The smallest absolute Gasteiger partial charge is 0.260 e. The fourth-order valence-electron chi connectivity index (χ4n) is 4.12. The quantitative estimate of drug-likeness (QED) is 0.540. The first kappa shape index (κ1) is 18.5. The van der Waals surface area contributed by atoms with E-state index < -0.39 is 0 Å². The number of allylic oxidation sites excluding steroid dienone is 1. The Kier molecular flexibility index (Phi) is 4.38. The summed E-state index contributed by atoms with van der Waals surface area (Å²) in [7, 11) is 0. The lowest BCUT2D eigenvalue weighted by atomic mass is 9.83. The van der Waals surface area contributed by atoms with Crippen molar-refractivity contribution in [2.75, 3.05) is 17.2 Å². The number of carbonyl (C=O) groups is 1. The van der Waals surface area contributed by atoms with E-state index in [1.54, 1.807) is 23.4 Å². The van der Waals surface area contributed by atoms with Gasteiger partial charge in [0.1, 0.15) is 11.0 Å². The number of piperidine rings is 1. The van der Waals surface area contributed by atoms with Gasteiger partial charge in [0.15, 0.2) is 5.82 Å². The van der Waals surface area contributed by atoms with Gasteiger partial charge in [0.25, 0.3) is 5.91 Å². The van der Waals surface area contributed by atoms with Crippen molar-refractivity contribution < 1.29 is 4.79 Å². The highest BCUT2D eigenvalue weighted by atomic mass is 35.5. The summed E-state index contributed by atoms with van der Waals surface area (Å²) >= 11 is 6.35. The largest absolute Gasteiger partial charge is 0.384 e. The number of aromatic amines is 1. The molecule has 1 saturated heterocycles. The van der Waals surface area contributed by atoms with Gasteiger partial charge in [-0.3, -0.25) is 9.69 Å². The van der Waals surface area contributed by atoms with E-state index in [2.05, 4.69) is 45.7 Å². The van der Waals surface area contributed by atoms with Crippen LogP contribution in [0.2, 0.25) is 5.15 Å². The molecule has 146 valence electrons. The summed E-state index contributed by atoms with van der Waals surface area (Å²) in [4.78, 5) is 30.4. The van der Waals surface area contributed by atoms with E-state index in [1.807, 2.05) is 0 Å². The number of hydrogen-bond acceptors (Lipinski definition) is 6. The van der Waals surface area contributed by atoms with E-state index in [-0.39, 0.29) is 28.5 Å². The Labute approximate surface area is 167 Å². The average molecular weight is 400 g/mol. The lowest BCUT2D eigenvalue weighted by Crippen LogP contribution is -2.47. The molecule has 2 aliphatic heterocycles. The normalized spacial score (nSPS) is 22.5. The number of amides is 1. The molecular formula is C19H22ClN7O. The Balaban J connectivity index is 1.73. The Bertz CT molecular complexity index is 980. The van der Waals surface area contributed by atoms with Gasteiger partial charge in [-0.2, -0.15) is 4.98 Å². The Morgan fingerprint density at radius 3 is 2.93 bits per heavy atom. The number of H-pyrrole nitrogens is 1. The van der Waals surface area contributed by atoms with Gasteiger partial charge in [0, 0.05) is 30.2 Å². The molecule has 0 aromatic carbocycles. The van der Waals surface area contributed by atoms with Gasteiger partial charge in [-0.1, -0.05) is 18.2 Å². The number of hydrogen-bond donors (Lipinski definition) is 3. The highest BCUT2D eigenvalue weighted by Gasteiger charge is 2.40. The third-order valence-corrected chi connectivity index (χ3v) is 5.23. The highest BCUT2D eigenvalue weighted by Crippen LogP contribution is 2.41. The topological polar surface area (TPSA) is 113 Å². The predicted molar refractivity (Wildman–Crippen MR) is 109 cm³/mol. The molecule has 0 bridgehead atoms. The number of fused-ring (bicyclic) bond motifs is 1. The molecule has 0 aliphatic carbocycles. The molecule has 0 spiro atoms. The molecule has 2 aromatic rings. The molecule has 0 radical (unpaired) electrons. The lowest BCUT2D eigenvalue weighted by molar-refractivity contribution is -0.113. The molecule has 9 heteroatoms. The zero-order valence-electron chi connectivity index (χ0n) is 15.8. The van der Waals surface area contributed by atoms with E-state index in [4.69, 9.17) is 17.3 Å². The number of carbonyl (C=O) groups excluding carboxylic acids is 1. The molecule has 28 heavy (non-hydrogen) atoms. The van der Waals surface area contributed by atoms with Crippen molar-refractivity contribution in [2.45, 2.75) is 32.2 Å². The van der Waals surface area contributed by atoms with Crippen LogP contribution >= 0.6 is 11.6 Å². The van der Waals surface area contributed by atoms with Crippen LogP contribution in [-0.2, 0) is 4.79 Å². The van der Waals surface area contributed by atoms with E-state index in [9.17, 15) is 4.79 Å². The number of aromatic nitrogens is 4. The van der Waals surface area contributed by atoms with E-state index in [0.29, 0.717) is 29.3 Å². The number of rotatable bonds is 3. The van der Waals surface area contributed by atoms with Crippen molar-refractivity contribution >= 4 is 40.9 Å². The van der Waals surface area contributed by atoms with E-state index in [0.717, 1.165) is 18.5 Å². The first-order valence-electron chi connectivity index (χ1n) is 9.06. The van der Waals surface area contributed by atoms with Crippen LogP contribution in [0, 0.1) is 5.92 Å². The molecule has 8 nitrogen and oxygen atoms in total. The molecule has 1 atom stereocenters. The van der Waals surface area contributed by atoms with Crippen molar-refractivity contribution in [1.82, 2.24) is 25.3 Å². The Morgan fingerprint density at radius 2 is 2.25 bits per heavy atom. The summed E-state index contributed by atoms with van der Waals surface area (Å²) in [5.41, 5.74) is 7.60. The second-order valence-electron chi connectivity index (χ2n) is 7.91. The fourth-order valence-corrected chi connectivity index (χ4v) is 4.39. The minimum Gasteiger partial charge on any atom is -0.384 e. The molecular weight excluding hydrogens is 378 g/mol. The Hall–Kier alpha value is -2.87. The van der Waals surface area contributed by atoms with Gasteiger partial charge in [-0.15, -0.1) is 0 Å². The number of nitrogens with one attached hydrogen (secondary N) is 2. The van der Waals surface area contributed by atoms with Crippen LogP contribution in [0.25, 0.3) is 11.6 Å². The average Bonchev–Trinajstić information content (AvgIpc) is 3.16. The van der Waals surface area contributed by atoms with E-state index in [1.165, 1.54) is 0 Å². The summed E-state index contributed by atoms with van der Waals surface area (Å²) in [6.07, 6.45) is 6.66. The Morgan fingerprint density at radius 1 is 1.46 bits per heavy atom. The first-order valence-corrected chi connectivity index (χ1v) is 9.43. The standard InChI is InChI=1S/C19H22ClN7O/c1-10-6-11(8-19(2,3)26-10)9-27-16-14(15(20)24-18(21)25-16)12(17(27)28)7-13-22-4-5-23-13/h4-5,7,11,26H,1,6,8-9H2,2-3H3,(H,22,23)(H2,21,24,25)/b12-7-. The number of nitrogens with two attached hydrogens (primary N) is 1.